The lowest BCUT2D eigenvalue weighted by atomic mass is 10.1. The van der Waals surface area contributed by atoms with E-state index in [9.17, 15) is 5.11 Å². The molecule has 4 heterocycles. The van der Waals surface area contributed by atoms with Crippen LogP contribution < -0.4 is 5.32 Å². The van der Waals surface area contributed by atoms with Gasteiger partial charge in [0.05, 0.1) is 24.4 Å². The van der Waals surface area contributed by atoms with Crippen LogP contribution in [-0.4, -0.2) is 58.5 Å². The fraction of sp³-hybridized carbons (Fsp3) is 0.400. The number of piperidine rings is 1. The predicted molar refractivity (Wildman–Crippen MR) is 90.2 cm³/mol. The number of aliphatic hydroxyl groups excluding tert-OH is 1. The third kappa shape index (κ3) is 2.67. The van der Waals surface area contributed by atoms with Gasteiger partial charge in [-0.2, -0.15) is 0 Å². The van der Waals surface area contributed by atoms with E-state index in [4.69, 9.17) is 17.0 Å². The van der Waals surface area contributed by atoms with Crippen molar-refractivity contribution >= 4 is 30.0 Å². The Kier molecular flexibility index (Phi) is 3.78. The first-order valence-corrected chi connectivity index (χ1v) is 8.17. The SMILES string of the molecule is N=C1N=[N+]2C=C(Cl)C=NC2C1=C1C=C(N2CCCC(O)C2)N=CN1. The van der Waals surface area contributed by atoms with E-state index >= 15 is 0 Å². The summed E-state index contributed by atoms with van der Waals surface area (Å²) in [6.07, 6.45) is 7.75. The molecule has 8 nitrogen and oxygen atoms in total. The van der Waals surface area contributed by atoms with Gasteiger partial charge in [0.15, 0.2) is 0 Å². The highest BCUT2D eigenvalue weighted by atomic mass is 35.5. The minimum atomic E-state index is -0.390. The summed E-state index contributed by atoms with van der Waals surface area (Å²) in [6.45, 7) is 1.43. The van der Waals surface area contributed by atoms with Crippen LogP contribution in [0, 0.1) is 5.41 Å². The molecule has 0 amide bonds. The van der Waals surface area contributed by atoms with E-state index in [1.54, 1.807) is 23.5 Å². The number of azo groups is 2. The molecule has 0 aromatic carbocycles. The molecule has 4 rings (SSSR count). The Morgan fingerprint density at radius 2 is 2.33 bits per heavy atom. The maximum atomic E-state index is 9.87. The third-order valence-electron chi connectivity index (χ3n) is 4.28. The number of likely N-dealkylation sites (tertiary alicyclic amines) is 1. The monoisotopic (exact) mass is 346 g/mol. The molecule has 4 aliphatic rings. The van der Waals surface area contributed by atoms with Gasteiger partial charge in [-0.05, 0) is 12.8 Å². The fourth-order valence-corrected chi connectivity index (χ4v) is 3.31. The molecule has 24 heavy (non-hydrogen) atoms. The lowest BCUT2D eigenvalue weighted by Crippen LogP contribution is -2.38. The van der Waals surface area contributed by atoms with Gasteiger partial charge in [-0.1, -0.05) is 16.3 Å². The molecule has 0 saturated carbocycles. The van der Waals surface area contributed by atoms with Crippen LogP contribution in [0.25, 0.3) is 0 Å². The molecule has 9 heteroatoms. The molecule has 0 spiro atoms. The first kappa shape index (κ1) is 15.2. The van der Waals surface area contributed by atoms with Crippen LogP contribution in [0.3, 0.4) is 0 Å². The van der Waals surface area contributed by atoms with E-state index in [-0.39, 0.29) is 11.9 Å². The number of nitrogens with one attached hydrogen (secondary N) is 2. The molecule has 0 aromatic rings. The second kappa shape index (κ2) is 5.95. The molecule has 2 unspecified atom stereocenters. The smallest absolute Gasteiger partial charge is 0.308 e. The minimum Gasteiger partial charge on any atom is -0.391 e. The van der Waals surface area contributed by atoms with Crippen molar-refractivity contribution in [1.29, 1.82) is 5.41 Å². The van der Waals surface area contributed by atoms with Gasteiger partial charge in [0.1, 0.15) is 16.4 Å². The van der Waals surface area contributed by atoms with E-state index in [0.29, 0.717) is 17.2 Å². The Hall–Kier alpha value is -2.32. The molecule has 1 fully saturated rings. The van der Waals surface area contributed by atoms with Crippen LogP contribution >= 0.6 is 11.6 Å². The summed E-state index contributed by atoms with van der Waals surface area (Å²) in [5, 5.41) is 25.8. The zero-order valence-corrected chi connectivity index (χ0v) is 13.6. The lowest BCUT2D eigenvalue weighted by Gasteiger charge is -2.32. The van der Waals surface area contributed by atoms with E-state index in [0.717, 1.165) is 30.9 Å². The van der Waals surface area contributed by atoms with Gasteiger partial charge in [-0.15, -0.1) is 0 Å². The Labute approximate surface area is 143 Å². The summed E-state index contributed by atoms with van der Waals surface area (Å²) in [4.78, 5) is 10.8. The number of amidine groups is 1. The zero-order chi connectivity index (χ0) is 16.7. The predicted octanol–water partition coefficient (Wildman–Crippen LogP) is 1.12. The van der Waals surface area contributed by atoms with Gasteiger partial charge < -0.3 is 15.3 Å². The molecule has 3 N–H and O–H groups in total. The van der Waals surface area contributed by atoms with Crippen molar-refractivity contribution in [1.82, 2.24) is 10.2 Å². The Morgan fingerprint density at radius 1 is 1.46 bits per heavy atom. The number of aliphatic imine (C=N–C) groups is 2. The largest absolute Gasteiger partial charge is 0.391 e. The van der Waals surface area contributed by atoms with Gasteiger partial charge in [-0.25, -0.2) is 9.98 Å². The van der Waals surface area contributed by atoms with Crippen molar-refractivity contribution in [2.45, 2.75) is 25.1 Å². The summed E-state index contributed by atoms with van der Waals surface area (Å²) >= 11 is 5.95. The lowest BCUT2D eigenvalue weighted by molar-refractivity contribution is -0.543. The molecule has 0 radical (unpaired) electrons. The normalized spacial score (nSPS) is 32.2. The molecule has 124 valence electrons. The average molecular weight is 347 g/mol. The van der Waals surface area contributed by atoms with Crippen LogP contribution in [0.2, 0.25) is 0 Å². The molecular formula is C15H17ClN7O+. The van der Waals surface area contributed by atoms with Crippen LogP contribution in [0.4, 0.5) is 0 Å². The maximum absolute atomic E-state index is 9.87. The summed E-state index contributed by atoms with van der Waals surface area (Å²) in [7, 11) is 0. The third-order valence-corrected chi connectivity index (χ3v) is 4.47. The van der Waals surface area contributed by atoms with Crippen molar-refractivity contribution < 1.29 is 9.80 Å². The summed E-state index contributed by atoms with van der Waals surface area (Å²) < 4.78 is 1.58. The number of halogens is 1. The van der Waals surface area contributed by atoms with Crippen LogP contribution in [0.15, 0.2) is 49.5 Å². The van der Waals surface area contributed by atoms with Crippen molar-refractivity contribution in [2.75, 3.05) is 13.1 Å². The Morgan fingerprint density at radius 3 is 3.17 bits per heavy atom. The van der Waals surface area contributed by atoms with Gasteiger partial charge in [0.25, 0.3) is 0 Å². The molecule has 0 bridgehead atoms. The van der Waals surface area contributed by atoms with Gasteiger partial charge in [0.2, 0.25) is 12.0 Å². The molecule has 0 aromatic heterocycles. The van der Waals surface area contributed by atoms with Crippen molar-refractivity contribution in [3.63, 3.8) is 0 Å². The van der Waals surface area contributed by atoms with Crippen molar-refractivity contribution in [3.05, 3.63) is 34.4 Å². The molecule has 0 aliphatic carbocycles. The number of nitrogens with zero attached hydrogens (tertiary/aromatic N) is 5. The number of hydrogen-bond acceptors (Lipinski definition) is 6. The Balaban J connectivity index is 1.67. The quantitative estimate of drug-likeness (QED) is 0.620. The minimum absolute atomic E-state index is 0.145. The summed E-state index contributed by atoms with van der Waals surface area (Å²) in [6, 6.07) is 0. The second-order valence-electron chi connectivity index (χ2n) is 5.97. The van der Waals surface area contributed by atoms with Gasteiger partial charge >= 0.3 is 6.17 Å². The topological polar surface area (TPSA) is 99.4 Å². The number of aliphatic hydroxyl groups is 1. The average Bonchev–Trinajstić information content (AvgIpc) is 2.90. The Bertz CT molecular complexity index is 777. The van der Waals surface area contributed by atoms with E-state index in [2.05, 4.69) is 25.3 Å². The highest BCUT2D eigenvalue weighted by Crippen LogP contribution is 2.27. The maximum Gasteiger partial charge on any atom is 0.308 e. The van der Waals surface area contributed by atoms with Gasteiger partial charge in [0, 0.05) is 24.3 Å². The van der Waals surface area contributed by atoms with E-state index in [1.807, 2.05) is 6.08 Å². The standard InChI is InChI=1S/C15H17ClN7O/c16-9-5-18-15-13(14(17)21-23(15)6-9)11-4-12(20-8-19-11)22-3-1-2-10(24)7-22/h4-6,8,10,15,17,24H,1-3,7H2,(H,19,20)/q+1. The first-order chi connectivity index (χ1) is 11.6. The number of β-amino-alcohol motifs (C(OH)–C–C–N with tert-alkyl or cyclic N) is 1. The molecule has 1 saturated heterocycles. The van der Waals surface area contributed by atoms with Crippen LogP contribution in [0.1, 0.15) is 12.8 Å². The van der Waals surface area contributed by atoms with Crippen LogP contribution in [0.5, 0.6) is 0 Å². The molecule has 2 atom stereocenters. The fourth-order valence-electron chi connectivity index (χ4n) is 3.16. The van der Waals surface area contributed by atoms with Gasteiger partial charge in [-0.3, -0.25) is 5.41 Å². The van der Waals surface area contributed by atoms with E-state index in [1.165, 1.54) is 0 Å². The summed E-state index contributed by atoms with van der Waals surface area (Å²) in [5.41, 5.74) is 1.41. The highest BCUT2D eigenvalue weighted by molar-refractivity contribution is 6.39. The number of fused-ring (bicyclic) bond motifs is 1. The summed E-state index contributed by atoms with van der Waals surface area (Å²) in [5.74, 6) is 0.918. The highest BCUT2D eigenvalue weighted by Gasteiger charge is 2.41. The first-order valence-electron chi connectivity index (χ1n) is 7.79. The zero-order valence-electron chi connectivity index (χ0n) is 12.9. The number of hydrogen-bond donors (Lipinski definition) is 3. The second-order valence-corrected chi connectivity index (χ2v) is 6.41. The van der Waals surface area contributed by atoms with Crippen LogP contribution in [-0.2, 0) is 0 Å². The molecule has 4 aliphatic heterocycles. The van der Waals surface area contributed by atoms with Crippen molar-refractivity contribution in [2.24, 2.45) is 15.1 Å². The van der Waals surface area contributed by atoms with E-state index < -0.39 is 6.17 Å². The number of rotatable bonds is 1. The molecular weight excluding hydrogens is 330 g/mol. The van der Waals surface area contributed by atoms with Crippen molar-refractivity contribution in [3.8, 4) is 0 Å². The number of allylic oxidation sites excluding steroid dienone is 2.